The molecule has 23 heavy (non-hydrogen) atoms. The van der Waals surface area contributed by atoms with Gasteiger partial charge < -0.3 is 19.9 Å². The normalized spacial score (nSPS) is 19.9. The molecular weight excluding hydrogens is 318 g/mol. The molecule has 8 heteroatoms. The first-order chi connectivity index (χ1) is 11.0. The largest absolute Gasteiger partial charge is 0.481 e. The fraction of sp³-hybridized carbons (Fsp3) is 0.400. The number of hydrogen-bond acceptors (Lipinski definition) is 7. The van der Waals surface area contributed by atoms with Gasteiger partial charge in [-0.1, -0.05) is 0 Å². The lowest BCUT2D eigenvalue weighted by Crippen LogP contribution is -2.38. The lowest BCUT2D eigenvalue weighted by atomic mass is 9.93. The molecule has 2 aromatic heterocycles. The van der Waals surface area contributed by atoms with E-state index >= 15 is 0 Å². The maximum absolute atomic E-state index is 11.1. The number of fused-ring (bicyclic) bond motifs is 1. The lowest BCUT2D eigenvalue weighted by Gasteiger charge is -2.34. The van der Waals surface area contributed by atoms with Crippen molar-refractivity contribution in [1.82, 2.24) is 9.97 Å². The SMILES string of the molecule is COc1cc(C(=O)O)nc(NCC2(C)OCCc3sccc32)n1. The van der Waals surface area contributed by atoms with E-state index in [2.05, 4.69) is 26.7 Å². The van der Waals surface area contributed by atoms with Crippen LogP contribution >= 0.6 is 11.3 Å². The van der Waals surface area contributed by atoms with E-state index in [1.54, 1.807) is 11.3 Å². The molecule has 3 rings (SSSR count). The number of ether oxygens (including phenoxy) is 2. The molecule has 0 aliphatic carbocycles. The topological polar surface area (TPSA) is 93.6 Å². The molecule has 0 saturated heterocycles. The van der Waals surface area contributed by atoms with E-state index in [-0.39, 0.29) is 17.5 Å². The molecule has 0 radical (unpaired) electrons. The third-order valence-corrected chi connectivity index (χ3v) is 4.76. The van der Waals surface area contributed by atoms with Crippen molar-refractivity contribution in [1.29, 1.82) is 0 Å². The minimum atomic E-state index is -1.13. The molecule has 7 nitrogen and oxygen atoms in total. The molecule has 122 valence electrons. The summed E-state index contributed by atoms with van der Waals surface area (Å²) < 4.78 is 11.0. The Hall–Kier alpha value is -2.19. The number of rotatable bonds is 5. The Labute approximate surface area is 137 Å². The molecule has 1 aliphatic rings. The van der Waals surface area contributed by atoms with Crippen LogP contribution in [0.3, 0.4) is 0 Å². The molecule has 2 N–H and O–H groups in total. The molecule has 1 unspecified atom stereocenters. The number of carboxylic acid groups (broad SMARTS) is 1. The van der Waals surface area contributed by atoms with Crippen molar-refractivity contribution < 1.29 is 19.4 Å². The summed E-state index contributed by atoms with van der Waals surface area (Å²) >= 11 is 1.73. The van der Waals surface area contributed by atoms with Crippen LogP contribution in [0.15, 0.2) is 17.5 Å². The highest BCUT2D eigenvalue weighted by Crippen LogP contribution is 2.36. The average molecular weight is 335 g/mol. The first kappa shape index (κ1) is 15.7. The Balaban J connectivity index is 1.81. The van der Waals surface area contributed by atoms with Gasteiger partial charge in [0.05, 0.1) is 20.3 Å². The third-order valence-electron chi connectivity index (χ3n) is 3.78. The quantitative estimate of drug-likeness (QED) is 0.864. The summed E-state index contributed by atoms with van der Waals surface area (Å²) in [5.41, 5.74) is 0.538. The van der Waals surface area contributed by atoms with Crippen molar-refractivity contribution in [3.8, 4) is 5.88 Å². The number of thiophene rings is 1. The van der Waals surface area contributed by atoms with Crippen LogP contribution < -0.4 is 10.1 Å². The number of aromatic carboxylic acids is 1. The zero-order valence-electron chi connectivity index (χ0n) is 12.8. The summed E-state index contributed by atoms with van der Waals surface area (Å²) in [6.45, 7) is 3.09. The predicted molar refractivity (Wildman–Crippen MR) is 85.4 cm³/mol. The van der Waals surface area contributed by atoms with E-state index in [0.717, 1.165) is 12.0 Å². The molecule has 0 fully saturated rings. The smallest absolute Gasteiger partial charge is 0.354 e. The van der Waals surface area contributed by atoms with Crippen LogP contribution in [0, 0.1) is 0 Å². The molecule has 2 aromatic rings. The van der Waals surface area contributed by atoms with Gasteiger partial charge in [0.15, 0.2) is 5.69 Å². The fourth-order valence-corrected chi connectivity index (χ4v) is 3.54. The van der Waals surface area contributed by atoms with Crippen molar-refractivity contribution in [3.05, 3.63) is 33.6 Å². The number of methoxy groups -OCH3 is 1. The molecule has 0 spiro atoms. The number of carbonyl (C=O) groups is 1. The third kappa shape index (κ3) is 3.13. The first-order valence-corrected chi connectivity index (χ1v) is 8.01. The summed E-state index contributed by atoms with van der Waals surface area (Å²) in [7, 11) is 1.43. The predicted octanol–water partition coefficient (Wildman–Crippen LogP) is 2.14. The minimum Gasteiger partial charge on any atom is -0.481 e. The maximum atomic E-state index is 11.1. The second-order valence-electron chi connectivity index (χ2n) is 5.36. The van der Waals surface area contributed by atoms with Gasteiger partial charge in [-0.05, 0) is 23.9 Å². The number of aromatic nitrogens is 2. The van der Waals surface area contributed by atoms with Crippen LogP contribution in [0.1, 0.15) is 27.9 Å². The van der Waals surface area contributed by atoms with E-state index in [1.165, 1.54) is 18.1 Å². The molecule has 1 aliphatic heterocycles. The van der Waals surface area contributed by atoms with Crippen LogP contribution in [-0.2, 0) is 16.8 Å². The number of nitrogens with zero attached hydrogens (tertiary/aromatic N) is 2. The monoisotopic (exact) mass is 335 g/mol. The van der Waals surface area contributed by atoms with Crippen molar-refractivity contribution >= 4 is 23.3 Å². The zero-order valence-corrected chi connectivity index (χ0v) is 13.6. The van der Waals surface area contributed by atoms with Gasteiger partial charge >= 0.3 is 5.97 Å². The van der Waals surface area contributed by atoms with Gasteiger partial charge in [-0.15, -0.1) is 11.3 Å². The van der Waals surface area contributed by atoms with Crippen molar-refractivity contribution in [3.63, 3.8) is 0 Å². The van der Waals surface area contributed by atoms with E-state index in [1.807, 2.05) is 6.92 Å². The summed E-state index contributed by atoms with van der Waals surface area (Å²) in [5, 5.41) is 14.2. The van der Waals surface area contributed by atoms with E-state index in [0.29, 0.717) is 13.2 Å². The molecule has 1 atom stereocenters. The zero-order chi connectivity index (χ0) is 16.4. The van der Waals surface area contributed by atoms with Crippen LogP contribution in [0.4, 0.5) is 5.95 Å². The standard InChI is InChI=1S/C15H17N3O4S/c1-15(9-4-6-23-11(9)3-5-22-15)8-16-14-17-10(13(19)20)7-12(18-14)21-2/h4,6-7H,3,5,8H2,1-2H3,(H,19,20)(H,16,17,18). The van der Waals surface area contributed by atoms with Crippen LogP contribution in [0.5, 0.6) is 5.88 Å². The lowest BCUT2D eigenvalue weighted by molar-refractivity contribution is -0.0348. The van der Waals surface area contributed by atoms with Gasteiger partial charge in [-0.25, -0.2) is 9.78 Å². The van der Waals surface area contributed by atoms with Gasteiger partial charge in [0.25, 0.3) is 0 Å². The van der Waals surface area contributed by atoms with Crippen molar-refractivity contribution in [2.75, 3.05) is 25.6 Å². The Morgan fingerprint density at radius 1 is 1.57 bits per heavy atom. The first-order valence-electron chi connectivity index (χ1n) is 7.13. The van der Waals surface area contributed by atoms with Gasteiger partial charge in [0, 0.05) is 17.4 Å². The van der Waals surface area contributed by atoms with Gasteiger partial charge in [-0.3, -0.25) is 0 Å². The minimum absolute atomic E-state index is 0.120. The summed E-state index contributed by atoms with van der Waals surface area (Å²) in [6.07, 6.45) is 0.918. The number of hydrogen-bond donors (Lipinski definition) is 2. The highest BCUT2D eigenvalue weighted by atomic mass is 32.1. The Bertz CT molecular complexity index is 733. The van der Waals surface area contributed by atoms with Gasteiger partial charge in [0.2, 0.25) is 11.8 Å². The van der Waals surface area contributed by atoms with Crippen LogP contribution in [0.25, 0.3) is 0 Å². The summed E-state index contributed by atoms with van der Waals surface area (Å²) in [6, 6.07) is 3.35. The van der Waals surface area contributed by atoms with Gasteiger partial charge in [-0.2, -0.15) is 4.98 Å². The fourth-order valence-electron chi connectivity index (χ4n) is 2.56. The Kier molecular flexibility index (Phi) is 4.18. The number of carboxylic acids is 1. The Morgan fingerprint density at radius 2 is 2.39 bits per heavy atom. The van der Waals surface area contributed by atoms with E-state index in [9.17, 15) is 4.79 Å². The molecule has 0 saturated carbocycles. The molecule has 0 amide bonds. The highest BCUT2D eigenvalue weighted by molar-refractivity contribution is 7.10. The summed E-state index contributed by atoms with van der Waals surface area (Å²) in [5.74, 6) is -0.728. The molecule has 3 heterocycles. The van der Waals surface area contributed by atoms with E-state index < -0.39 is 11.6 Å². The molecule has 0 aromatic carbocycles. The second kappa shape index (κ2) is 6.13. The van der Waals surface area contributed by atoms with Gasteiger partial charge in [0.1, 0.15) is 5.60 Å². The molecule has 0 bridgehead atoms. The average Bonchev–Trinajstić information content (AvgIpc) is 3.03. The molecular formula is C15H17N3O4S. The van der Waals surface area contributed by atoms with Crippen LogP contribution in [-0.4, -0.2) is 41.3 Å². The second-order valence-corrected chi connectivity index (χ2v) is 6.37. The van der Waals surface area contributed by atoms with Crippen molar-refractivity contribution in [2.24, 2.45) is 0 Å². The number of anilines is 1. The maximum Gasteiger partial charge on any atom is 0.354 e. The summed E-state index contributed by atoms with van der Waals surface area (Å²) in [4.78, 5) is 20.6. The number of nitrogens with one attached hydrogen (secondary N) is 1. The van der Waals surface area contributed by atoms with Crippen LogP contribution in [0.2, 0.25) is 0 Å². The Morgan fingerprint density at radius 3 is 3.13 bits per heavy atom. The highest BCUT2D eigenvalue weighted by Gasteiger charge is 2.34. The van der Waals surface area contributed by atoms with E-state index in [4.69, 9.17) is 14.6 Å². The van der Waals surface area contributed by atoms with Crippen molar-refractivity contribution in [2.45, 2.75) is 18.9 Å².